The molecule has 18 heavy (non-hydrogen) atoms. The molecular weight excluding hydrogens is 286 g/mol. The third kappa shape index (κ3) is 1.79. The highest BCUT2D eigenvalue weighted by Gasteiger charge is 2.16. The van der Waals surface area contributed by atoms with Crippen molar-refractivity contribution in [3.63, 3.8) is 0 Å². The Kier molecular flexibility index (Phi) is 2.97. The van der Waals surface area contributed by atoms with E-state index in [1.165, 1.54) is 0 Å². The van der Waals surface area contributed by atoms with Gasteiger partial charge < -0.3 is 9.55 Å². The largest absolute Gasteiger partial charge is 0.331 e. The second kappa shape index (κ2) is 4.50. The van der Waals surface area contributed by atoms with Gasteiger partial charge in [-0.1, -0.05) is 17.7 Å². The number of halogens is 1. The highest BCUT2D eigenvalue weighted by Crippen LogP contribution is 2.29. The van der Waals surface area contributed by atoms with Gasteiger partial charge in [0.25, 0.3) is 0 Å². The molecule has 6 heteroatoms. The second-order valence-corrected chi connectivity index (χ2v) is 5.70. The van der Waals surface area contributed by atoms with Crippen LogP contribution in [0.1, 0.15) is 18.0 Å². The first-order valence-electron chi connectivity index (χ1n) is 5.46. The lowest BCUT2D eigenvalue weighted by Crippen LogP contribution is -2.06. The van der Waals surface area contributed by atoms with Gasteiger partial charge in [-0.2, -0.15) is 0 Å². The van der Waals surface area contributed by atoms with Crippen LogP contribution < -0.4 is 0 Å². The summed E-state index contributed by atoms with van der Waals surface area (Å²) in [4.78, 5) is 7.53. The van der Waals surface area contributed by atoms with Crippen LogP contribution in [0.5, 0.6) is 0 Å². The summed E-state index contributed by atoms with van der Waals surface area (Å²) in [6, 6.07) is 5.83. The maximum absolute atomic E-state index is 6.28. The lowest BCUT2D eigenvalue weighted by molar-refractivity contribution is 0.645. The number of hydrogen-bond donors (Lipinski definition) is 1. The van der Waals surface area contributed by atoms with Gasteiger partial charge in [0.1, 0.15) is 5.01 Å². The number of thiazole rings is 1. The molecule has 1 aromatic carbocycles. The molecule has 0 amide bonds. The molecule has 0 saturated carbocycles. The molecule has 3 rings (SSSR count). The van der Waals surface area contributed by atoms with E-state index in [0.717, 1.165) is 16.0 Å². The Balaban J connectivity index is 2.29. The van der Waals surface area contributed by atoms with E-state index in [2.05, 4.69) is 16.9 Å². The van der Waals surface area contributed by atoms with Crippen LogP contribution in [-0.4, -0.2) is 14.5 Å². The minimum atomic E-state index is 0.0751. The molecule has 0 bridgehead atoms. The first-order valence-corrected chi connectivity index (χ1v) is 7.13. The Morgan fingerprint density at radius 2 is 2.33 bits per heavy atom. The van der Waals surface area contributed by atoms with Crippen molar-refractivity contribution in [2.24, 2.45) is 0 Å². The summed E-state index contributed by atoms with van der Waals surface area (Å²) in [5, 5.41) is 3.68. The molecule has 1 N–H and O–H groups in total. The van der Waals surface area contributed by atoms with Crippen molar-refractivity contribution < 1.29 is 0 Å². The summed E-state index contributed by atoms with van der Waals surface area (Å²) in [7, 11) is 0. The molecule has 0 aliphatic carbocycles. The predicted molar refractivity (Wildman–Crippen MR) is 78.1 cm³/mol. The maximum atomic E-state index is 6.28. The second-order valence-electron chi connectivity index (χ2n) is 3.98. The highest BCUT2D eigenvalue weighted by atomic mass is 35.5. The van der Waals surface area contributed by atoms with E-state index < -0.39 is 0 Å². The van der Waals surface area contributed by atoms with Gasteiger partial charge in [-0.15, -0.1) is 11.3 Å². The van der Waals surface area contributed by atoms with Crippen LogP contribution >= 0.6 is 35.2 Å². The molecule has 0 radical (unpaired) electrons. The topological polar surface area (TPSA) is 33.6 Å². The third-order valence-electron chi connectivity index (χ3n) is 2.88. The molecule has 1 atom stereocenters. The van der Waals surface area contributed by atoms with Crippen molar-refractivity contribution in [3.8, 4) is 0 Å². The number of fused-ring (bicyclic) bond motifs is 1. The fraction of sp³-hybridized carbons (Fsp3) is 0.167. The lowest BCUT2D eigenvalue weighted by atomic mass is 10.3. The van der Waals surface area contributed by atoms with E-state index in [0.29, 0.717) is 9.79 Å². The zero-order valence-electron chi connectivity index (χ0n) is 9.55. The minimum Gasteiger partial charge on any atom is -0.331 e. The summed E-state index contributed by atoms with van der Waals surface area (Å²) in [5.74, 6) is 0. The zero-order valence-corrected chi connectivity index (χ0v) is 11.9. The molecule has 92 valence electrons. The third-order valence-corrected chi connectivity index (χ3v) is 4.43. The van der Waals surface area contributed by atoms with E-state index in [9.17, 15) is 0 Å². The molecule has 0 aliphatic rings. The normalized spacial score (nSPS) is 13.0. The Hall–Kier alpha value is -1.17. The Morgan fingerprint density at radius 3 is 3.06 bits per heavy atom. The number of H-pyrrole nitrogens is 1. The average molecular weight is 296 g/mol. The van der Waals surface area contributed by atoms with Crippen molar-refractivity contribution in [1.82, 2.24) is 14.5 Å². The standard InChI is InChI=1S/C12H10ClN3S2/c1-7(11-14-5-6-18-11)16-10-8(13)3-2-4-9(10)15-12(16)17/h2-7H,1H3,(H,15,17). The van der Waals surface area contributed by atoms with Gasteiger partial charge in [-0.05, 0) is 31.3 Å². The minimum absolute atomic E-state index is 0.0751. The van der Waals surface area contributed by atoms with Gasteiger partial charge in [0.2, 0.25) is 0 Å². The molecule has 0 spiro atoms. The molecule has 0 aliphatic heterocycles. The fourth-order valence-electron chi connectivity index (χ4n) is 2.06. The number of aromatic amines is 1. The summed E-state index contributed by atoms with van der Waals surface area (Å²) in [6.45, 7) is 2.07. The number of aromatic nitrogens is 3. The number of nitrogens with one attached hydrogen (secondary N) is 1. The van der Waals surface area contributed by atoms with E-state index in [1.54, 1.807) is 17.5 Å². The van der Waals surface area contributed by atoms with E-state index in [1.807, 2.05) is 28.1 Å². The number of rotatable bonds is 2. The first kappa shape index (κ1) is 11.9. The smallest absolute Gasteiger partial charge is 0.178 e. The molecule has 1 unspecified atom stereocenters. The summed E-state index contributed by atoms with van der Waals surface area (Å²) >= 11 is 13.3. The van der Waals surface area contributed by atoms with Crippen molar-refractivity contribution in [3.05, 3.63) is 44.6 Å². The van der Waals surface area contributed by atoms with Crippen LogP contribution in [0.4, 0.5) is 0 Å². The van der Waals surface area contributed by atoms with Gasteiger partial charge in [0.15, 0.2) is 4.77 Å². The molecule has 2 heterocycles. The Morgan fingerprint density at radius 1 is 1.50 bits per heavy atom. The number of nitrogens with zero attached hydrogens (tertiary/aromatic N) is 2. The van der Waals surface area contributed by atoms with E-state index in [-0.39, 0.29) is 6.04 Å². The summed E-state index contributed by atoms with van der Waals surface area (Å²) in [6.07, 6.45) is 1.80. The van der Waals surface area contributed by atoms with Crippen molar-refractivity contribution in [1.29, 1.82) is 0 Å². The summed E-state index contributed by atoms with van der Waals surface area (Å²) in [5.41, 5.74) is 1.89. The summed E-state index contributed by atoms with van der Waals surface area (Å²) < 4.78 is 2.69. The Bertz CT molecular complexity index is 742. The van der Waals surface area contributed by atoms with Gasteiger partial charge in [-0.25, -0.2) is 4.98 Å². The maximum Gasteiger partial charge on any atom is 0.178 e. The zero-order chi connectivity index (χ0) is 12.7. The van der Waals surface area contributed by atoms with Crippen LogP contribution in [0, 0.1) is 4.77 Å². The van der Waals surface area contributed by atoms with Gasteiger partial charge in [-0.3, -0.25) is 0 Å². The highest BCUT2D eigenvalue weighted by molar-refractivity contribution is 7.71. The van der Waals surface area contributed by atoms with Crippen molar-refractivity contribution >= 4 is 46.2 Å². The van der Waals surface area contributed by atoms with E-state index >= 15 is 0 Å². The monoisotopic (exact) mass is 295 g/mol. The quantitative estimate of drug-likeness (QED) is 0.710. The van der Waals surface area contributed by atoms with Crippen molar-refractivity contribution in [2.75, 3.05) is 0 Å². The fourth-order valence-corrected chi connectivity index (χ4v) is 3.37. The molecular formula is C12H10ClN3S2. The van der Waals surface area contributed by atoms with Crippen LogP contribution in [0.15, 0.2) is 29.8 Å². The SMILES string of the molecule is CC(c1nccs1)n1c(=S)[nH]c2cccc(Cl)c21. The molecule has 0 fully saturated rings. The van der Waals surface area contributed by atoms with Crippen molar-refractivity contribution in [2.45, 2.75) is 13.0 Å². The molecule has 2 aromatic heterocycles. The molecule has 0 saturated heterocycles. The van der Waals surface area contributed by atoms with Crippen LogP contribution in [0.3, 0.4) is 0 Å². The number of para-hydroxylation sites is 1. The molecule has 3 aromatic rings. The predicted octanol–water partition coefficient (Wildman–Crippen LogP) is 4.42. The van der Waals surface area contributed by atoms with Gasteiger partial charge >= 0.3 is 0 Å². The number of benzene rings is 1. The van der Waals surface area contributed by atoms with Crippen LogP contribution in [0.25, 0.3) is 11.0 Å². The lowest BCUT2D eigenvalue weighted by Gasteiger charge is -2.12. The van der Waals surface area contributed by atoms with Crippen LogP contribution in [-0.2, 0) is 0 Å². The van der Waals surface area contributed by atoms with Gasteiger partial charge in [0.05, 0.1) is 22.1 Å². The number of imidazole rings is 1. The van der Waals surface area contributed by atoms with Gasteiger partial charge in [0, 0.05) is 11.6 Å². The van der Waals surface area contributed by atoms with Crippen LogP contribution in [0.2, 0.25) is 5.02 Å². The number of hydrogen-bond acceptors (Lipinski definition) is 3. The first-order chi connectivity index (χ1) is 8.68. The van der Waals surface area contributed by atoms with E-state index in [4.69, 9.17) is 23.8 Å². The average Bonchev–Trinajstić information content (AvgIpc) is 2.95. The Labute approximate surface area is 118 Å². The molecule has 3 nitrogen and oxygen atoms in total.